The zero-order valence-electron chi connectivity index (χ0n) is 12.3. The quantitative estimate of drug-likeness (QED) is 0.584. The molecule has 4 atom stereocenters. The van der Waals surface area contributed by atoms with E-state index in [1.54, 1.807) is 13.8 Å². The number of anilines is 1. The summed E-state index contributed by atoms with van der Waals surface area (Å²) in [6.45, 7) is 3.07. The van der Waals surface area contributed by atoms with Crippen molar-refractivity contribution in [3.8, 4) is 0 Å². The number of esters is 1. The van der Waals surface area contributed by atoms with Crippen molar-refractivity contribution >= 4 is 11.8 Å². The topological polar surface area (TPSA) is 137 Å². The zero-order chi connectivity index (χ0) is 16.4. The second kappa shape index (κ2) is 6.42. The number of carbonyl (C=O) groups is 1. The van der Waals surface area contributed by atoms with Crippen molar-refractivity contribution in [3.05, 3.63) is 22.2 Å². The number of ether oxygens (including phenoxy) is 2. The number of aryl methyl sites for hydroxylation is 1. The highest BCUT2D eigenvalue weighted by molar-refractivity contribution is 5.68. The van der Waals surface area contributed by atoms with Crippen molar-refractivity contribution in [1.29, 1.82) is 0 Å². The standard InChI is InChI=1S/C13H19N3O6/c1-3-8(17)21-5-7-9(18)10(19)12(22-7)16-4-6(2)11(14)15-13(16)20/h4,7,9-10,12,18-19H,3,5H2,1-2H3,(H2,14,15,20)/t7-,9-,10-,12-/m1/s1. The molecule has 9 nitrogen and oxygen atoms in total. The fourth-order valence-electron chi connectivity index (χ4n) is 2.14. The summed E-state index contributed by atoms with van der Waals surface area (Å²) in [5.41, 5.74) is 5.37. The van der Waals surface area contributed by atoms with Crippen molar-refractivity contribution < 1.29 is 24.5 Å². The van der Waals surface area contributed by atoms with Gasteiger partial charge in [0.15, 0.2) is 6.23 Å². The normalized spacial score (nSPS) is 27.8. The molecule has 1 saturated heterocycles. The predicted molar refractivity (Wildman–Crippen MR) is 74.8 cm³/mol. The zero-order valence-corrected chi connectivity index (χ0v) is 12.3. The van der Waals surface area contributed by atoms with Crippen LogP contribution in [0.3, 0.4) is 0 Å². The first-order valence-corrected chi connectivity index (χ1v) is 6.87. The third-order valence-electron chi connectivity index (χ3n) is 3.48. The molecule has 0 saturated carbocycles. The van der Waals surface area contributed by atoms with Gasteiger partial charge in [-0.25, -0.2) is 4.79 Å². The van der Waals surface area contributed by atoms with Gasteiger partial charge in [0.2, 0.25) is 0 Å². The minimum Gasteiger partial charge on any atom is -0.463 e. The lowest BCUT2D eigenvalue weighted by atomic mass is 10.1. The lowest BCUT2D eigenvalue weighted by Gasteiger charge is -2.17. The number of aliphatic hydroxyl groups is 2. The number of nitrogens with zero attached hydrogens (tertiary/aromatic N) is 2. The Balaban J connectivity index is 2.18. The number of hydrogen-bond donors (Lipinski definition) is 3. The van der Waals surface area contributed by atoms with Gasteiger partial charge in [-0.1, -0.05) is 6.92 Å². The number of aliphatic hydroxyl groups excluding tert-OH is 2. The third-order valence-corrected chi connectivity index (χ3v) is 3.48. The minimum absolute atomic E-state index is 0.0858. The Kier molecular flexibility index (Phi) is 4.79. The molecule has 0 bridgehead atoms. The molecule has 0 amide bonds. The Labute approximate surface area is 126 Å². The second-order valence-corrected chi connectivity index (χ2v) is 5.08. The fourth-order valence-corrected chi connectivity index (χ4v) is 2.14. The Morgan fingerprint density at radius 1 is 1.50 bits per heavy atom. The molecule has 22 heavy (non-hydrogen) atoms. The summed E-state index contributed by atoms with van der Waals surface area (Å²) < 4.78 is 11.4. The molecule has 0 spiro atoms. The van der Waals surface area contributed by atoms with Crippen LogP contribution in [-0.2, 0) is 14.3 Å². The van der Waals surface area contributed by atoms with Crippen LogP contribution in [-0.4, -0.2) is 50.7 Å². The summed E-state index contributed by atoms with van der Waals surface area (Å²) in [4.78, 5) is 26.6. The predicted octanol–water partition coefficient (Wildman–Crippen LogP) is -1.29. The number of rotatable bonds is 4. The Morgan fingerprint density at radius 2 is 2.18 bits per heavy atom. The number of carbonyl (C=O) groups excluding carboxylic acids is 1. The van der Waals surface area contributed by atoms with E-state index in [-0.39, 0.29) is 18.8 Å². The molecule has 0 aromatic carbocycles. The van der Waals surface area contributed by atoms with Crippen molar-refractivity contribution in [2.24, 2.45) is 0 Å². The van der Waals surface area contributed by atoms with Crippen molar-refractivity contribution in [1.82, 2.24) is 9.55 Å². The molecule has 0 unspecified atom stereocenters. The maximum Gasteiger partial charge on any atom is 0.351 e. The summed E-state index contributed by atoms with van der Waals surface area (Å²) in [5, 5.41) is 20.0. The van der Waals surface area contributed by atoms with Gasteiger partial charge in [0.25, 0.3) is 0 Å². The molecule has 2 rings (SSSR count). The molecule has 0 radical (unpaired) electrons. The van der Waals surface area contributed by atoms with Crippen LogP contribution in [0.1, 0.15) is 25.1 Å². The van der Waals surface area contributed by atoms with Gasteiger partial charge in [-0.2, -0.15) is 4.98 Å². The number of hydrogen-bond acceptors (Lipinski definition) is 8. The van der Waals surface area contributed by atoms with Gasteiger partial charge in [0.1, 0.15) is 30.7 Å². The van der Waals surface area contributed by atoms with Crippen LogP contribution in [0.2, 0.25) is 0 Å². The van der Waals surface area contributed by atoms with Gasteiger partial charge in [-0.05, 0) is 6.92 Å². The van der Waals surface area contributed by atoms with E-state index >= 15 is 0 Å². The lowest BCUT2D eigenvalue weighted by molar-refractivity contribution is -0.149. The molecule has 2 heterocycles. The first-order chi connectivity index (χ1) is 10.3. The highest BCUT2D eigenvalue weighted by Crippen LogP contribution is 2.29. The monoisotopic (exact) mass is 313 g/mol. The number of aromatic nitrogens is 2. The van der Waals surface area contributed by atoms with Crippen LogP contribution < -0.4 is 11.4 Å². The number of nitrogens with two attached hydrogens (primary N) is 1. The van der Waals surface area contributed by atoms with Crippen LogP contribution in [0.25, 0.3) is 0 Å². The molecule has 1 aliphatic rings. The highest BCUT2D eigenvalue weighted by atomic mass is 16.6. The molecule has 1 aromatic rings. The summed E-state index contributed by atoms with van der Waals surface area (Å²) in [6.07, 6.45) is -3.12. The van der Waals surface area contributed by atoms with E-state index in [1.165, 1.54) is 6.20 Å². The Hall–Kier alpha value is -1.97. The van der Waals surface area contributed by atoms with Crippen LogP contribution in [0.5, 0.6) is 0 Å². The van der Waals surface area contributed by atoms with Crippen LogP contribution in [0, 0.1) is 6.92 Å². The SMILES string of the molecule is CCC(=O)OC[C@H]1O[C@@H](n2cc(C)c(N)nc2=O)[C@H](O)[C@@H]1O. The van der Waals surface area contributed by atoms with Gasteiger partial charge in [0, 0.05) is 18.2 Å². The smallest absolute Gasteiger partial charge is 0.351 e. The van der Waals surface area contributed by atoms with E-state index in [2.05, 4.69) is 4.98 Å². The number of nitrogen functional groups attached to an aromatic ring is 1. The molecular weight excluding hydrogens is 294 g/mol. The van der Waals surface area contributed by atoms with E-state index in [9.17, 15) is 19.8 Å². The summed E-state index contributed by atoms with van der Waals surface area (Å²) in [5.74, 6) is -0.362. The molecule has 1 fully saturated rings. The van der Waals surface area contributed by atoms with Crippen molar-refractivity contribution in [3.63, 3.8) is 0 Å². The Morgan fingerprint density at radius 3 is 2.82 bits per heavy atom. The summed E-state index contributed by atoms with van der Waals surface area (Å²) in [6, 6.07) is 0. The van der Waals surface area contributed by atoms with Crippen LogP contribution in [0.4, 0.5) is 5.82 Å². The van der Waals surface area contributed by atoms with Gasteiger partial charge < -0.3 is 25.4 Å². The van der Waals surface area contributed by atoms with Gasteiger partial charge in [0.05, 0.1) is 0 Å². The van der Waals surface area contributed by atoms with Crippen LogP contribution in [0.15, 0.2) is 11.0 Å². The molecule has 1 aliphatic heterocycles. The van der Waals surface area contributed by atoms with E-state index in [0.29, 0.717) is 5.56 Å². The van der Waals surface area contributed by atoms with E-state index in [0.717, 1.165) is 4.57 Å². The van der Waals surface area contributed by atoms with Gasteiger partial charge in [-0.15, -0.1) is 0 Å². The third kappa shape index (κ3) is 3.11. The van der Waals surface area contributed by atoms with E-state index in [1.807, 2.05) is 0 Å². The lowest BCUT2D eigenvalue weighted by Crippen LogP contribution is -2.36. The first kappa shape index (κ1) is 16.4. The maximum atomic E-state index is 11.9. The molecule has 9 heteroatoms. The molecule has 122 valence electrons. The average molecular weight is 313 g/mol. The summed E-state index contributed by atoms with van der Waals surface area (Å²) >= 11 is 0. The van der Waals surface area contributed by atoms with E-state index < -0.39 is 36.2 Å². The molecular formula is C13H19N3O6. The average Bonchev–Trinajstić information content (AvgIpc) is 2.76. The minimum atomic E-state index is -1.35. The van der Waals surface area contributed by atoms with Crippen molar-refractivity contribution in [2.45, 2.75) is 44.8 Å². The van der Waals surface area contributed by atoms with Crippen molar-refractivity contribution in [2.75, 3.05) is 12.3 Å². The highest BCUT2D eigenvalue weighted by Gasteiger charge is 2.44. The van der Waals surface area contributed by atoms with E-state index in [4.69, 9.17) is 15.2 Å². The Bertz CT molecular complexity index is 616. The molecule has 0 aliphatic carbocycles. The maximum absolute atomic E-state index is 11.9. The first-order valence-electron chi connectivity index (χ1n) is 6.87. The molecule has 1 aromatic heterocycles. The molecule has 4 N–H and O–H groups in total. The largest absolute Gasteiger partial charge is 0.463 e. The summed E-state index contributed by atoms with van der Waals surface area (Å²) in [7, 11) is 0. The van der Waals surface area contributed by atoms with Crippen LogP contribution >= 0.6 is 0 Å². The van der Waals surface area contributed by atoms with Gasteiger partial charge >= 0.3 is 11.7 Å². The van der Waals surface area contributed by atoms with Gasteiger partial charge in [-0.3, -0.25) is 9.36 Å². The second-order valence-electron chi connectivity index (χ2n) is 5.08. The fraction of sp³-hybridized carbons (Fsp3) is 0.615.